The second kappa shape index (κ2) is 9.60. The number of guanidine groups is 1. The zero-order valence-electron chi connectivity index (χ0n) is 16.8. The highest BCUT2D eigenvalue weighted by molar-refractivity contribution is 14.0. The van der Waals surface area contributed by atoms with Crippen molar-refractivity contribution < 1.29 is 4.74 Å². The second-order valence-electron chi connectivity index (χ2n) is 7.53. The maximum absolute atomic E-state index is 6.36. The van der Waals surface area contributed by atoms with Gasteiger partial charge in [0.15, 0.2) is 5.96 Å². The number of anilines is 1. The summed E-state index contributed by atoms with van der Waals surface area (Å²) in [5.74, 6) is 2.37. The number of nitrogens with zero attached hydrogens (tertiary/aromatic N) is 5. The Bertz CT molecular complexity index is 819. The van der Waals surface area contributed by atoms with Gasteiger partial charge in [-0.2, -0.15) is 0 Å². The van der Waals surface area contributed by atoms with Crippen LogP contribution in [0.2, 0.25) is 0 Å². The highest BCUT2D eigenvalue weighted by Gasteiger charge is 2.40. The third kappa shape index (κ3) is 4.57. The average molecular weight is 508 g/mol. The zero-order chi connectivity index (χ0) is 19.4. The molecule has 29 heavy (non-hydrogen) atoms. The van der Waals surface area contributed by atoms with E-state index in [1.807, 2.05) is 18.2 Å². The van der Waals surface area contributed by atoms with Crippen molar-refractivity contribution in [2.24, 2.45) is 10.7 Å². The number of aromatic nitrogens is 2. The summed E-state index contributed by atoms with van der Waals surface area (Å²) < 4.78 is 5.60. The standard InChI is InChI=1S/C21H28N6O.HI/c1-28-18-7-3-2-6-17(18)21(8-4-9-21)16-25-19(22)26-12-14-27(15-13-26)20-23-10-5-11-24-20;/h2-3,5-7,10-11H,4,8-9,12-16H2,1H3,(H2,22,25);1H. The van der Waals surface area contributed by atoms with Crippen molar-refractivity contribution in [2.45, 2.75) is 24.7 Å². The fraction of sp³-hybridized carbons (Fsp3) is 0.476. The number of ether oxygens (including phenoxy) is 1. The van der Waals surface area contributed by atoms with E-state index in [0.717, 1.165) is 50.7 Å². The molecule has 1 aromatic heterocycles. The van der Waals surface area contributed by atoms with E-state index >= 15 is 0 Å². The van der Waals surface area contributed by atoms with Gasteiger partial charge in [0.25, 0.3) is 0 Å². The van der Waals surface area contributed by atoms with Crippen LogP contribution in [0.25, 0.3) is 0 Å². The third-order valence-corrected chi connectivity index (χ3v) is 5.97. The summed E-state index contributed by atoms with van der Waals surface area (Å²) in [6, 6.07) is 10.1. The lowest BCUT2D eigenvalue weighted by Crippen LogP contribution is -2.52. The van der Waals surface area contributed by atoms with Crippen LogP contribution in [0.4, 0.5) is 5.95 Å². The molecule has 7 nitrogen and oxygen atoms in total. The Balaban J connectivity index is 0.00000240. The molecule has 4 rings (SSSR count). The van der Waals surface area contributed by atoms with E-state index in [0.29, 0.717) is 12.5 Å². The number of benzene rings is 1. The summed E-state index contributed by atoms with van der Waals surface area (Å²) in [7, 11) is 1.73. The largest absolute Gasteiger partial charge is 0.496 e. The SMILES string of the molecule is COc1ccccc1C1(CN=C(N)N2CCN(c3ncccn3)CC2)CCC1.I. The van der Waals surface area contributed by atoms with Crippen LogP contribution in [0.5, 0.6) is 5.75 Å². The van der Waals surface area contributed by atoms with Crippen molar-refractivity contribution in [1.82, 2.24) is 14.9 Å². The van der Waals surface area contributed by atoms with Crippen molar-refractivity contribution >= 4 is 35.9 Å². The molecule has 0 radical (unpaired) electrons. The zero-order valence-corrected chi connectivity index (χ0v) is 19.2. The number of piperazine rings is 1. The monoisotopic (exact) mass is 508 g/mol. The number of halogens is 1. The first-order valence-corrected chi connectivity index (χ1v) is 9.92. The van der Waals surface area contributed by atoms with Gasteiger partial charge in [0.05, 0.1) is 13.7 Å². The second-order valence-corrected chi connectivity index (χ2v) is 7.53. The van der Waals surface area contributed by atoms with Gasteiger partial charge >= 0.3 is 0 Å². The van der Waals surface area contributed by atoms with Crippen LogP contribution in [0.3, 0.4) is 0 Å². The number of para-hydroxylation sites is 1. The minimum atomic E-state index is 0. The summed E-state index contributed by atoms with van der Waals surface area (Å²) in [4.78, 5) is 17.8. The number of rotatable bonds is 5. The minimum absolute atomic E-state index is 0. The Kier molecular flexibility index (Phi) is 7.15. The molecular formula is C21H29IN6O. The minimum Gasteiger partial charge on any atom is -0.496 e. The first-order valence-electron chi connectivity index (χ1n) is 9.92. The summed E-state index contributed by atoms with van der Waals surface area (Å²) in [5.41, 5.74) is 7.67. The van der Waals surface area contributed by atoms with Gasteiger partial charge in [0, 0.05) is 49.6 Å². The summed E-state index contributed by atoms with van der Waals surface area (Å²) in [6.45, 7) is 4.06. The van der Waals surface area contributed by atoms with Crippen LogP contribution in [-0.4, -0.2) is 60.7 Å². The third-order valence-electron chi connectivity index (χ3n) is 5.97. The normalized spacial score (nSPS) is 18.6. The number of hydrogen-bond donors (Lipinski definition) is 1. The molecule has 1 aromatic carbocycles. The maximum atomic E-state index is 6.36. The Labute approximate surface area is 189 Å². The highest BCUT2D eigenvalue weighted by atomic mass is 127. The molecule has 2 fully saturated rings. The summed E-state index contributed by atoms with van der Waals surface area (Å²) >= 11 is 0. The number of hydrogen-bond acceptors (Lipinski definition) is 5. The highest BCUT2D eigenvalue weighted by Crippen LogP contribution is 2.47. The lowest BCUT2D eigenvalue weighted by atomic mass is 9.64. The number of methoxy groups -OCH3 is 1. The first-order chi connectivity index (χ1) is 13.7. The molecule has 2 aliphatic rings. The fourth-order valence-corrected chi connectivity index (χ4v) is 4.12. The van der Waals surface area contributed by atoms with Crippen molar-refractivity contribution in [3.8, 4) is 5.75 Å². The summed E-state index contributed by atoms with van der Waals surface area (Å²) in [5, 5.41) is 0. The van der Waals surface area contributed by atoms with E-state index in [9.17, 15) is 0 Å². The number of aliphatic imine (C=N–C) groups is 1. The van der Waals surface area contributed by atoms with Gasteiger partial charge in [-0.1, -0.05) is 24.6 Å². The molecule has 0 amide bonds. The molecule has 8 heteroatoms. The van der Waals surface area contributed by atoms with Crippen LogP contribution < -0.4 is 15.4 Å². The van der Waals surface area contributed by atoms with Crippen LogP contribution in [0.15, 0.2) is 47.7 Å². The van der Waals surface area contributed by atoms with Crippen molar-refractivity contribution in [3.63, 3.8) is 0 Å². The van der Waals surface area contributed by atoms with Crippen LogP contribution in [0, 0.1) is 0 Å². The average Bonchev–Trinajstić information content (AvgIpc) is 2.74. The Morgan fingerprint density at radius 1 is 1.10 bits per heavy atom. The fourth-order valence-electron chi connectivity index (χ4n) is 4.12. The smallest absolute Gasteiger partial charge is 0.225 e. The number of nitrogens with two attached hydrogens (primary N) is 1. The van der Waals surface area contributed by atoms with E-state index in [4.69, 9.17) is 15.5 Å². The van der Waals surface area contributed by atoms with Gasteiger partial charge in [0.1, 0.15) is 5.75 Å². The molecule has 0 spiro atoms. The molecule has 1 aliphatic carbocycles. The Morgan fingerprint density at radius 3 is 2.41 bits per heavy atom. The molecule has 156 valence electrons. The molecule has 0 bridgehead atoms. The lowest BCUT2D eigenvalue weighted by molar-refractivity contribution is 0.242. The molecule has 0 atom stereocenters. The molecule has 1 saturated carbocycles. The predicted octanol–water partition coefficient (Wildman–Crippen LogP) is 2.66. The van der Waals surface area contributed by atoms with Crippen LogP contribution in [0.1, 0.15) is 24.8 Å². The molecule has 2 N–H and O–H groups in total. The maximum Gasteiger partial charge on any atom is 0.225 e. The molecule has 1 saturated heterocycles. The van der Waals surface area contributed by atoms with E-state index in [2.05, 4.69) is 31.9 Å². The topological polar surface area (TPSA) is 79.9 Å². The van der Waals surface area contributed by atoms with Crippen LogP contribution in [-0.2, 0) is 5.41 Å². The van der Waals surface area contributed by atoms with Gasteiger partial charge in [-0.25, -0.2) is 9.97 Å². The molecule has 2 aromatic rings. The quantitative estimate of drug-likeness (QED) is 0.380. The van der Waals surface area contributed by atoms with E-state index < -0.39 is 0 Å². The van der Waals surface area contributed by atoms with Gasteiger partial charge in [-0.15, -0.1) is 24.0 Å². The predicted molar refractivity (Wildman–Crippen MR) is 126 cm³/mol. The van der Waals surface area contributed by atoms with Crippen molar-refractivity contribution in [3.05, 3.63) is 48.3 Å². The molecule has 0 unspecified atom stereocenters. The Morgan fingerprint density at radius 2 is 1.79 bits per heavy atom. The van der Waals surface area contributed by atoms with E-state index in [-0.39, 0.29) is 29.4 Å². The lowest BCUT2D eigenvalue weighted by Gasteiger charge is -2.42. The molecule has 1 aliphatic heterocycles. The first kappa shape index (κ1) is 21.6. The van der Waals surface area contributed by atoms with Crippen molar-refractivity contribution in [1.29, 1.82) is 0 Å². The van der Waals surface area contributed by atoms with Crippen molar-refractivity contribution in [2.75, 3.05) is 44.7 Å². The summed E-state index contributed by atoms with van der Waals surface area (Å²) in [6.07, 6.45) is 7.04. The van der Waals surface area contributed by atoms with Gasteiger partial charge in [-0.05, 0) is 25.0 Å². The van der Waals surface area contributed by atoms with Gasteiger partial charge < -0.3 is 20.3 Å². The Hall–Kier alpha value is -2.10. The molecular weight excluding hydrogens is 479 g/mol. The van der Waals surface area contributed by atoms with E-state index in [1.165, 1.54) is 12.0 Å². The van der Waals surface area contributed by atoms with Crippen LogP contribution >= 0.6 is 24.0 Å². The van der Waals surface area contributed by atoms with Gasteiger partial charge in [0.2, 0.25) is 5.95 Å². The van der Waals surface area contributed by atoms with Gasteiger partial charge in [-0.3, -0.25) is 4.99 Å². The van der Waals surface area contributed by atoms with E-state index in [1.54, 1.807) is 19.5 Å². The molecule has 2 heterocycles.